The van der Waals surface area contributed by atoms with Crippen LogP contribution in [0.15, 0.2) is 37.0 Å². The van der Waals surface area contributed by atoms with Gasteiger partial charge in [0.2, 0.25) is 0 Å². The lowest BCUT2D eigenvalue weighted by Crippen LogP contribution is -2.08. The number of fused-ring (bicyclic) bond motifs is 1. The first-order chi connectivity index (χ1) is 6.18. The first-order valence-corrected chi connectivity index (χ1v) is 4.26. The Balaban J connectivity index is 2.48. The van der Waals surface area contributed by atoms with E-state index in [1.54, 1.807) is 12.3 Å². The van der Waals surface area contributed by atoms with E-state index in [1.807, 2.05) is 0 Å². The summed E-state index contributed by atoms with van der Waals surface area (Å²) < 4.78 is 0.727. The molecule has 13 heavy (non-hydrogen) atoms. The molecule has 0 fully saturated rings. The maximum absolute atomic E-state index is 10.7. The van der Waals surface area contributed by atoms with Crippen molar-refractivity contribution in [2.75, 3.05) is 0 Å². The third kappa shape index (κ3) is 1.33. The molecular formula is C7H4BrN3O2. The number of allylic oxidation sites excluding steroid dienone is 1. The highest BCUT2D eigenvalue weighted by atomic mass is 79.9. The lowest BCUT2D eigenvalue weighted by Gasteiger charge is -2.07. The average molecular weight is 242 g/mol. The molecule has 1 N–H and O–H groups in total. The van der Waals surface area contributed by atoms with E-state index in [9.17, 15) is 4.79 Å². The molecule has 0 bridgehead atoms. The Kier molecular flexibility index (Phi) is 1.84. The Hall–Kier alpha value is -1.30. The molecule has 2 rings (SSSR count). The van der Waals surface area contributed by atoms with Crippen molar-refractivity contribution in [3.05, 3.63) is 21.8 Å². The summed E-state index contributed by atoms with van der Waals surface area (Å²) in [5.74, 6) is -1.07. The summed E-state index contributed by atoms with van der Waals surface area (Å²) >= 11 is 3.20. The second-order valence-electron chi connectivity index (χ2n) is 2.51. The second-order valence-corrected chi connectivity index (χ2v) is 3.42. The maximum atomic E-state index is 10.7. The third-order valence-electron chi connectivity index (χ3n) is 1.65. The van der Waals surface area contributed by atoms with Crippen molar-refractivity contribution in [1.82, 2.24) is 0 Å². The molecule has 66 valence electrons. The molecular weight excluding hydrogens is 238 g/mol. The van der Waals surface area contributed by atoms with Crippen LogP contribution in [0.2, 0.25) is 0 Å². The van der Waals surface area contributed by atoms with Gasteiger partial charge in [-0.2, -0.15) is 5.11 Å². The van der Waals surface area contributed by atoms with Crippen molar-refractivity contribution >= 4 is 28.1 Å². The third-order valence-corrected chi connectivity index (χ3v) is 2.09. The number of carbonyl (C=O) groups is 1. The fourth-order valence-corrected chi connectivity index (χ4v) is 1.47. The molecule has 0 spiro atoms. The highest BCUT2D eigenvalue weighted by Gasteiger charge is 2.27. The number of rotatable bonds is 1. The van der Waals surface area contributed by atoms with Gasteiger partial charge >= 0.3 is 5.97 Å². The van der Waals surface area contributed by atoms with Gasteiger partial charge in [0, 0.05) is 16.3 Å². The van der Waals surface area contributed by atoms with Crippen molar-refractivity contribution in [2.24, 2.45) is 15.2 Å². The predicted octanol–water partition coefficient (Wildman–Crippen LogP) is 1.48. The molecule has 6 heteroatoms. The normalized spacial score (nSPS) is 24.7. The number of hydrogen-bond donors (Lipinski definition) is 1. The minimum absolute atomic E-state index is 0.0289. The number of nitrogens with zero attached hydrogens (tertiary/aromatic N) is 3. The largest absolute Gasteiger partial charge is 0.476 e. The van der Waals surface area contributed by atoms with Gasteiger partial charge in [-0.1, -0.05) is 0 Å². The SMILES string of the molecule is O=C(O)C1=C2C=C(Br)C=N[C@@H]2N=N1. The van der Waals surface area contributed by atoms with Gasteiger partial charge in [-0.3, -0.25) is 4.99 Å². The monoisotopic (exact) mass is 241 g/mol. The summed E-state index contributed by atoms with van der Waals surface area (Å²) in [6.07, 6.45) is 2.78. The minimum Gasteiger partial charge on any atom is -0.476 e. The topological polar surface area (TPSA) is 74.4 Å². The highest BCUT2D eigenvalue weighted by Crippen LogP contribution is 2.28. The van der Waals surface area contributed by atoms with Gasteiger partial charge in [-0.15, -0.1) is 5.11 Å². The molecule has 0 aliphatic carbocycles. The number of azo groups is 1. The van der Waals surface area contributed by atoms with Crippen LogP contribution in [0.3, 0.4) is 0 Å². The number of carboxylic acid groups (broad SMARTS) is 1. The van der Waals surface area contributed by atoms with Gasteiger partial charge in [0.25, 0.3) is 0 Å². The van der Waals surface area contributed by atoms with Gasteiger partial charge in [-0.05, 0) is 22.0 Å². The molecule has 2 heterocycles. The van der Waals surface area contributed by atoms with Crippen LogP contribution in [0, 0.1) is 0 Å². The molecule has 0 aromatic heterocycles. The summed E-state index contributed by atoms with van der Waals surface area (Å²) in [5.41, 5.74) is 0.501. The Morgan fingerprint density at radius 1 is 1.62 bits per heavy atom. The van der Waals surface area contributed by atoms with Crippen LogP contribution in [0.25, 0.3) is 0 Å². The van der Waals surface area contributed by atoms with Gasteiger partial charge in [0.1, 0.15) is 0 Å². The van der Waals surface area contributed by atoms with E-state index < -0.39 is 12.1 Å². The van der Waals surface area contributed by atoms with E-state index >= 15 is 0 Å². The Labute approximate surface area is 81.7 Å². The van der Waals surface area contributed by atoms with Crippen molar-refractivity contribution in [3.8, 4) is 0 Å². The van der Waals surface area contributed by atoms with Gasteiger partial charge < -0.3 is 5.11 Å². The molecule has 0 amide bonds. The van der Waals surface area contributed by atoms with Crippen LogP contribution in [-0.4, -0.2) is 23.5 Å². The van der Waals surface area contributed by atoms with Crippen LogP contribution in [0.4, 0.5) is 0 Å². The average Bonchev–Trinajstić information content (AvgIpc) is 2.46. The quantitative estimate of drug-likeness (QED) is 0.756. The van der Waals surface area contributed by atoms with Gasteiger partial charge in [-0.25, -0.2) is 4.79 Å². The fourth-order valence-electron chi connectivity index (χ4n) is 1.10. The van der Waals surface area contributed by atoms with Crippen molar-refractivity contribution in [2.45, 2.75) is 6.17 Å². The van der Waals surface area contributed by atoms with E-state index in [0.717, 1.165) is 4.48 Å². The summed E-state index contributed by atoms with van der Waals surface area (Å²) in [4.78, 5) is 14.6. The summed E-state index contributed by atoms with van der Waals surface area (Å²) in [5, 5.41) is 16.0. The zero-order valence-corrected chi connectivity index (χ0v) is 7.89. The lowest BCUT2D eigenvalue weighted by molar-refractivity contribution is -0.132. The Morgan fingerprint density at radius 2 is 2.38 bits per heavy atom. The fraction of sp³-hybridized carbons (Fsp3) is 0.143. The lowest BCUT2D eigenvalue weighted by atomic mass is 10.1. The number of hydrogen-bond acceptors (Lipinski definition) is 4. The number of aliphatic carboxylic acids is 1. The van der Waals surface area contributed by atoms with E-state index in [1.165, 1.54) is 0 Å². The number of halogens is 1. The van der Waals surface area contributed by atoms with Crippen LogP contribution in [0.5, 0.6) is 0 Å². The summed E-state index contributed by atoms with van der Waals surface area (Å²) in [7, 11) is 0. The van der Waals surface area contributed by atoms with Gasteiger partial charge in [0.05, 0.1) is 0 Å². The zero-order valence-electron chi connectivity index (χ0n) is 6.31. The van der Waals surface area contributed by atoms with E-state index in [4.69, 9.17) is 5.11 Å². The molecule has 0 aromatic carbocycles. The molecule has 0 aromatic rings. The van der Waals surface area contributed by atoms with Crippen LogP contribution >= 0.6 is 15.9 Å². The molecule has 1 atom stereocenters. The van der Waals surface area contributed by atoms with E-state index in [-0.39, 0.29) is 5.70 Å². The molecule has 5 nitrogen and oxygen atoms in total. The second kappa shape index (κ2) is 2.88. The van der Waals surface area contributed by atoms with E-state index in [0.29, 0.717) is 5.57 Å². The molecule has 0 saturated carbocycles. The smallest absolute Gasteiger partial charge is 0.356 e. The molecule has 2 aliphatic rings. The first-order valence-electron chi connectivity index (χ1n) is 3.47. The minimum atomic E-state index is -1.07. The van der Waals surface area contributed by atoms with Crippen molar-refractivity contribution < 1.29 is 9.90 Å². The van der Waals surface area contributed by atoms with E-state index in [2.05, 4.69) is 31.2 Å². The summed E-state index contributed by atoms with van der Waals surface area (Å²) in [6.45, 7) is 0. The molecule has 0 radical (unpaired) electrons. The van der Waals surface area contributed by atoms with Gasteiger partial charge in [0.15, 0.2) is 11.9 Å². The highest BCUT2D eigenvalue weighted by molar-refractivity contribution is 9.12. The van der Waals surface area contributed by atoms with Crippen LogP contribution in [-0.2, 0) is 4.79 Å². The molecule has 0 saturated heterocycles. The Bertz CT molecular complexity index is 395. The molecule has 2 aliphatic heterocycles. The first kappa shape index (κ1) is 8.31. The van der Waals surface area contributed by atoms with Crippen molar-refractivity contribution in [1.29, 1.82) is 0 Å². The number of aliphatic imine (C=N–C) groups is 1. The molecule has 0 unspecified atom stereocenters. The standard InChI is InChI=1S/C7H4BrN3O2/c8-3-1-4-5(7(12)13)10-11-6(4)9-2-3/h1-2,6H,(H,12,13)/t6-/m1/s1. The predicted molar refractivity (Wildman–Crippen MR) is 48.8 cm³/mol. The number of carboxylic acids is 1. The zero-order chi connectivity index (χ0) is 9.42. The van der Waals surface area contributed by atoms with Crippen LogP contribution < -0.4 is 0 Å². The van der Waals surface area contributed by atoms with Crippen LogP contribution in [0.1, 0.15) is 0 Å². The van der Waals surface area contributed by atoms with Crippen molar-refractivity contribution in [3.63, 3.8) is 0 Å². The number of dihydropyridines is 1. The summed E-state index contributed by atoms with van der Waals surface area (Å²) in [6, 6.07) is 0. The Morgan fingerprint density at radius 3 is 3.08 bits per heavy atom. The maximum Gasteiger partial charge on any atom is 0.356 e.